The molecule has 4 rings (SSSR count). The Hall–Kier alpha value is -2.58. The number of amides is 1. The van der Waals surface area contributed by atoms with Gasteiger partial charge in [0.25, 0.3) is 5.91 Å². The van der Waals surface area contributed by atoms with Gasteiger partial charge in [0.2, 0.25) is 0 Å². The average molecular weight is 537 g/mol. The molecule has 0 N–H and O–H groups in total. The minimum atomic E-state index is -4.37. The van der Waals surface area contributed by atoms with E-state index in [4.69, 9.17) is 27.9 Å². The van der Waals surface area contributed by atoms with Gasteiger partial charge in [-0.25, -0.2) is 0 Å². The molecule has 3 aromatic carbocycles. The molecule has 0 saturated carbocycles. The standard InChI is InChI=1S/C27H25Cl2F3N2O2/c28-23-10-6-20(7-11-23)25(36-18-19-4-8-22(9-5-19)27(30,31)32)17-33-12-14-34(15-13-33)26(35)21-2-1-3-24(29)16-21/h1-11,16,25H,12-15,17-18H2/t25-/m1/s1. The van der Waals surface area contributed by atoms with Crippen LogP contribution < -0.4 is 0 Å². The van der Waals surface area contributed by atoms with Crippen LogP contribution >= 0.6 is 23.2 Å². The summed E-state index contributed by atoms with van der Waals surface area (Å²) in [5, 5.41) is 1.13. The van der Waals surface area contributed by atoms with E-state index >= 15 is 0 Å². The fourth-order valence-corrected chi connectivity index (χ4v) is 4.41. The Morgan fingerprint density at radius 1 is 0.889 bits per heavy atom. The van der Waals surface area contributed by atoms with Crippen LogP contribution in [-0.4, -0.2) is 48.4 Å². The van der Waals surface area contributed by atoms with Gasteiger partial charge >= 0.3 is 6.18 Å². The van der Waals surface area contributed by atoms with Gasteiger partial charge in [0.15, 0.2) is 0 Å². The fourth-order valence-electron chi connectivity index (χ4n) is 4.09. The minimum absolute atomic E-state index is 0.0510. The summed E-state index contributed by atoms with van der Waals surface area (Å²) in [4.78, 5) is 16.8. The van der Waals surface area contributed by atoms with E-state index in [0.29, 0.717) is 53.9 Å². The van der Waals surface area contributed by atoms with Crippen LogP contribution in [0.15, 0.2) is 72.8 Å². The fraction of sp³-hybridized carbons (Fsp3) is 0.296. The van der Waals surface area contributed by atoms with E-state index in [-0.39, 0.29) is 18.6 Å². The molecule has 9 heteroatoms. The first kappa shape index (κ1) is 26.5. The number of halogens is 5. The number of nitrogens with zero attached hydrogens (tertiary/aromatic N) is 2. The molecule has 4 nitrogen and oxygen atoms in total. The lowest BCUT2D eigenvalue weighted by molar-refractivity contribution is -0.137. The third-order valence-corrected chi connectivity index (χ3v) is 6.62. The first-order chi connectivity index (χ1) is 17.2. The lowest BCUT2D eigenvalue weighted by Gasteiger charge is -2.36. The first-order valence-corrected chi connectivity index (χ1v) is 12.2. The second kappa shape index (κ2) is 11.6. The zero-order valence-corrected chi connectivity index (χ0v) is 20.9. The molecule has 1 amide bonds. The topological polar surface area (TPSA) is 32.8 Å². The average Bonchev–Trinajstić information content (AvgIpc) is 2.87. The molecule has 1 atom stereocenters. The van der Waals surface area contributed by atoms with Crippen LogP contribution in [0.25, 0.3) is 0 Å². The summed E-state index contributed by atoms with van der Waals surface area (Å²) in [6.07, 6.45) is -4.69. The van der Waals surface area contributed by atoms with Crippen LogP contribution in [0.2, 0.25) is 10.0 Å². The van der Waals surface area contributed by atoms with Crippen LogP contribution in [-0.2, 0) is 17.5 Å². The summed E-state index contributed by atoms with van der Waals surface area (Å²) in [5.74, 6) is -0.0510. The van der Waals surface area contributed by atoms with E-state index in [2.05, 4.69) is 4.90 Å². The molecule has 0 aromatic heterocycles. The molecule has 3 aromatic rings. The summed E-state index contributed by atoms with van der Waals surface area (Å²) in [6.45, 7) is 3.20. The summed E-state index contributed by atoms with van der Waals surface area (Å²) in [7, 11) is 0. The largest absolute Gasteiger partial charge is 0.416 e. The second-order valence-electron chi connectivity index (χ2n) is 8.65. The predicted octanol–water partition coefficient (Wildman–Crippen LogP) is 6.73. The molecular weight excluding hydrogens is 512 g/mol. The maximum atomic E-state index is 12.9. The summed E-state index contributed by atoms with van der Waals surface area (Å²) < 4.78 is 44.8. The number of carbonyl (C=O) groups is 1. The minimum Gasteiger partial charge on any atom is -0.368 e. The van der Waals surface area contributed by atoms with E-state index < -0.39 is 11.7 Å². The maximum Gasteiger partial charge on any atom is 0.416 e. The van der Waals surface area contributed by atoms with Gasteiger partial charge < -0.3 is 9.64 Å². The molecule has 1 saturated heterocycles. The van der Waals surface area contributed by atoms with Crippen molar-refractivity contribution in [2.24, 2.45) is 0 Å². The molecular formula is C27H25Cl2F3N2O2. The van der Waals surface area contributed by atoms with E-state index in [1.54, 1.807) is 36.4 Å². The van der Waals surface area contributed by atoms with Crippen LogP contribution in [0, 0.1) is 0 Å². The van der Waals surface area contributed by atoms with Gasteiger partial charge in [-0.15, -0.1) is 0 Å². The molecule has 0 bridgehead atoms. The molecule has 1 fully saturated rings. The Morgan fingerprint density at radius 2 is 1.56 bits per heavy atom. The highest BCUT2D eigenvalue weighted by Crippen LogP contribution is 2.30. The van der Waals surface area contributed by atoms with E-state index in [0.717, 1.165) is 17.7 Å². The highest BCUT2D eigenvalue weighted by Gasteiger charge is 2.30. The third-order valence-electron chi connectivity index (χ3n) is 6.13. The van der Waals surface area contributed by atoms with Gasteiger partial charge in [-0.05, 0) is 53.6 Å². The molecule has 1 aliphatic rings. The van der Waals surface area contributed by atoms with E-state index in [1.807, 2.05) is 17.0 Å². The Morgan fingerprint density at radius 3 is 2.17 bits per heavy atom. The number of ether oxygens (including phenoxy) is 1. The van der Waals surface area contributed by atoms with Crippen molar-refractivity contribution >= 4 is 29.1 Å². The van der Waals surface area contributed by atoms with Crippen molar-refractivity contribution in [3.63, 3.8) is 0 Å². The summed E-state index contributed by atoms with van der Waals surface area (Å²) >= 11 is 12.1. The normalized spacial score (nSPS) is 15.6. The van der Waals surface area contributed by atoms with Crippen molar-refractivity contribution in [1.82, 2.24) is 9.80 Å². The van der Waals surface area contributed by atoms with Crippen molar-refractivity contribution in [1.29, 1.82) is 0 Å². The van der Waals surface area contributed by atoms with Gasteiger partial charge in [-0.1, -0.05) is 53.5 Å². The molecule has 1 aliphatic heterocycles. The Bertz CT molecular complexity index is 1160. The summed E-state index contributed by atoms with van der Waals surface area (Å²) in [6, 6.07) is 19.3. The smallest absolute Gasteiger partial charge is 0.368 e. The van der Waals surface area contributed by atoms with Crippen molar-refractivity contribution < 1.29 is 22.7 Å². The van der Waals surface area contributed by atoms with Gasteiger partial charge in [0, 0.05) is 48.3 Å². The molecule has 1 heterocycles. The Labute approximate surface area is 218 Å². The number of hydrogen-bond acceptors (Lipinski definition) is 3. The third kappa shape index (κ3) is 7.01. The maximum absolute atomic E-state index is 12.9. The lowest BCUT2D eigenvalue weighted by Crippen LogP contribution is -2.49. The van der Waals surface area contributed by atoms with Gasteiger partial charge in [0.1, 0.15) is 0 Å². The molecule has 190 valence electrons. The number of benzene rings is 3. The van der Waals surface area contributed by atoms with Crippen LogP contribution in [0.5, 0.6) is 0 Å². The van der Waals surface area contributed by atoms with Gasteiger partial charge in [0.05, 0.1) is 18.3 Å². The zero-order chi connectivity index (χ0) is 25.7. The van der Waals surface area contributed by atoms with E-state index in [9.17, 15) is 18.0 Å². The molecule has 0 unspecified atom stereocenters. The van der Waals surface area contributed by atoms with Gasteiger partial charge in [-0.3, -0.25) is 9.69 Å². The lowest BCUT2D eigenvalue weighted by atomic mass is 10.1. The molecule has 0 aliphatic carbocycles. The van der Waals surface area contributed by atoms with Gasteiger partial charge in [-0.2, -0.15) is 13.2 Å². The van der Waals surface area contributed by atoms with Crippen LogP contribution in [0.1, 0.15) is 33.2 Å². The zero-order valence-electron chi connectivity index (χ0n) is 19.3. The number of alkyl halides is 3. The first-order valence-electron chi connectivity index (χ1n) is 11.5. The Balaban J connectivity index is 1.38. The number of carbonyl (C=O) groups excluding carboxylic acids is 1. The van der Waals surface area contributed by atoms with Crippen molar-refractivity contribution in [3.05, 3.63) is 105 Å². The highest BCUT2D eigenvalue weighted by atomic mass is 35.5. The molecule has 0 spiro atoms. The van der Waals surface area contributed by atoms with Crippen molar-refractivity contribution in [2.45, 2.75) is 18.9 Å². The SMILES string of the molecule is O=C(c1cccc(Cl)c1)N1CCN(C[C@@H](OCc2ccc(C(F)(F)F)cc2)c2ccc(Cl)cc2)CC1. The predicted molar refractivity (Wildman–Crippen MR) is 134 cm³/mol. The van der Waals surface area contributed by atoms with Crippen molar-refractivity contribution in [3.8, 4) is 0 Å². The van der Waals surface area contributed by atoms with Crippen LogP contribution in [0.4, 0.5) is 13.2 Å². The molecule has 36 heavy (non-hydrogen) atoms. The van der Waals surface area contributed by atoms with Crippen molar-refractivity contribution in [2.75, 3.05) is 32.7 Å². The number of piperazine rings is 1. The number of hydrogen-bond donors (Lipinski definition) is 0. The highest BCUT2D eigenvalue weighted by molar-refractivity contribution is 6.31. The quantitative estimate of drug-likeness (QED) is 0.335. The van der Waals surface area contributed by atoms with Crippen LogP contribution in [0.3, 0.4) is 0 Å². The Kier molecular flexibility index (Phi) is 8.57. The number of rotatable bonds is 7. The second-order valence-corrected chi connectivity index (χ2v) is 9.52. The summed E-state index contributed by atoms with van der Waals surface area (Å²) in [5.41, 5.74) is 1.45. The van der Waals surface area contributed by atoms with E-state index in [1.165, 1.54) is 12.1 Å². The molecule has 0 radical (unpaired) electrons. The monoisotopic (exact) mass is 536 g/mol.